The van der Waals surface area contributed by atoms with Crippen LogP contribution >= 0.6 is 11.3 Å². The molecule has 2 heterocycles. The Hall–Kier alpha value is -1.39. The summed E-state index contributed by atoms with van der Waals surface area (Å²) >= 11 is 1.73. The summed E-state index contributed by atoms with van der Waals surface area (Å²) in [5.74, 6) is 0.846. The molecule has 0 radical (unpaired) electrons. The number of aliphatic hydroxyl groups excluding tert-OH is 1. The summed E-state index contributed by atoms with van der Waals surface area (Å²) in [6.07, 6.45) is 1.75. The van der Waals surface area contributed by atoms with E-state index in [1.54, 1.807) is 17.5 Å². The number of aromatic nitrogens is 1. The first kappa shape index (κ1) is 11.1. The standard InChI is InChI=1S/C12H14N2OS/c1-14(8-11-5-3-7-16-11)12-10(9-15)4-2-6-13-12/h2-7,15H,8-9H2,1H3. The van der Waals surface area contributed by atoms with Crippen LogP contribution in [0.3, 0.4) is 0 Å². The Bertz CT molecular complexity index is 442. The minimum absolute atomic E-state index is 0.0257. The molecular weight excluding hydrogens is 220 g/mol. The van der Waals surface area contributed by atoms with Crippen LogP contribution in [0.4, 0.5) is 5.82 Å². The normalized spacial score (nSPS) is 10.4. The molecule has 2 rings (SSSR count). The van der Waals surface area contributed by atoms with Crippen molar-refractivity contribution in [2.45, 2.75) is 13.2 Å². The van der Waals surface area contributed by atoms with E-state index in [2.05, 4.69) is 21.3 Å². The zero-order valence-corrected chi connectivity index (χ0v) is 9.94. The van der Waals surface area contributed by atoms with Crippen LogP contribution in [-0.2, 0) is 13.2 Å². The second kappa shape index (κ2) is 5.09. The molecule has 0 saturated carbocycles. The molecule has 0 spiro atoms. The first-order valence-electron chi connectivity index (χ1n) is 5.09. The van der Waals surface area contributed by atoms with E-state index in [0.717, 1.165) is 17.9 Å². The molecule has 0 aliphatic carbocycles. The minimum Gasteiger partial charge on any atom is -0.392 e. The second-order valence-electron chi connectivity index (χ2n) is 3.58. The van der Waals surface area contributed by atoms with Crippen molar-refractivity contribution >= 4 is 17.2 Å². The average Bonchev–Trinajstić information content (AvgIpc) is 2.81. The van der Waals surface area contributed by atoms with Crippen LogP contribution in [0.5, 0.6) is 0 Å². The number of anilines is 1. The number of rotatable bonds is 4. The summed E-state index contributed by atoms with van der Waals surface area (Å²) in [5, 5.41) is 11.3. The molecule has 0 aromatic carbocycles. The van der Waals surface area contributed by atoms with Gasteiger partial charge < -0.3 is 10.0 Å². The molecule has 2 aromatic rings. The summed E-state index contributed by atoms with van der Waals surface area (Å²) in [7, 11) is 1.99. The highest BCUT2D eigenvalue weighted by Gasteiger charge is 2.08. The molecule has 1 N–H and O–H groups in total. The lowest BCUT2D eigenvalue weighted by Crippen LogP contribution is -2.18. The van der Waals surface area contributed by atoms with Gasteiger partial charge >= 0.3 is 0 Å². The SMILES string of the molecule is CN(Cc1cccs1)c1ncccc1CO. The van der Waals surface area contributed by atoms with E-state index in [0.29, 0.717) is 0 Å². The number of aliphatic hydroxyl groups is 1. The number of hydrogen-bond acceptors (Lipinski definition) is 4. The van der Waals surface area contributed by atoms with E-state index in [-0.39, 0.29) is 6.61 Å². The highest BCUT2D eigenvalue weighted by atomic mass is 32.1. The molecule has 84 valence electrons. The summed E-state index contributed by atoms with van der Waals surface area (Å²) in [4.78, 5) is 7.64. The maximum Gasteiger partial charge on any atom is 0.134 e. The van der Waals surface area contributed by atoms with E-state index in [9.17, 15) is 5.11 Å². The van der Waals surface area contributed by atoms with Crippen molar-refractivity contribution < 1.29 is 5.11 Å². The van der Waals surface area contributed by atoms with Crippen LogP contribution in [0.1, 0.15) is 10.4 Å². The highest BCUT2D eigenvalue weighted by molar-refractivity contribution is 7.09. The Kier molecular flexibility index (Phi) is 3.54. The lowest BCUT2D eigenvalue weighted by Gasteiger charge is -2.19. The van der Waals surface area contributed by atoms with Crippen molar-refractivity contribution in [3.8, 4) is 0 Å². The fourth-order valence-corrected chi connectivity index (χ4v) is 2.37. The molecule has 0 aliphatic heterocycles. The average molecular weight is 234 g/mol. The number of hydrogen-bond donors (Lipinski definition) is 1. The van der Waals surface area contributed by atoms with Gasteiger partial charge in [0.05, 0.1) is 13.2 Å². The van der Waals surface area contributed by atoms with Gasteiger partial charge in [0.25, 0.3) is 0 Å². The lowest BCUT2D eigenvalue weighted by atomic mass is 10.2. The van der Waals surface area contributed by atoms with Gasteiger partial charge in [0.15, 0.2) is 0 Å². The molecule has 0 fully saturated rings. The largest absolute Gasteiger partial charge is 0.392 e. The molecule has 0 bridgehead atoms. The van der Waals surface area contributed by atoms with Crippen molar-refractivity contribution in [2.75, 3.05) is 11.9 Å². The van der Waals surface area contributed by atoms with Crippen molar-refractivity contribution in [2.24, 2.45) is 0 Å². The van der Waals surface area contributed by atoms with E-state index >= 15 is 0 Å². The summed E-state index contributed by atoms with van der Waals surface area (Å²) in [5.41, 5.74) is 0.863. The number of pyridine rings is 1. The molecule has 2 aromatic heterocycles. The van der Waals surface area contributed by atoms with E-state index in [1.165, 1.54) is 4.88 Å². The van der Waals surface area contributed by atoms with Crippen LogP contribution < -0.4 is 4.90 Å². The molecule has 0 aliphatic rings. The summed E-state index contributed by atoms with van der Waals surface area (Å²) in [6.45, 7) is 0.847. The third-order valence-corrected chi connectivity index (χ3v) is 3.23. The molecule has 16 heavy (non-hydrogen) atoms. The summed E-state index contributed by atoms with van der Waals surface area (Å²) < 4.78 is 0. The quantitative estimate of drug-likeness (QED) is 0.881. The van der Waals surface area contributed by atoms with E-state index in [4.69, 9.17) is 0 Å². The second-order valence-corrected chi connectivity index (χ2v) is 4.61. The molecule has 3 nitrogen and oxygen atoms in total. The van der Waals surface area contributed by atoms with Crippen LogP contribution in [0.25, 0.3) is 0 Å². The molecule has 0 amide bonds. The van der Waals surface area contributed by atoms with Gasteiger partial charge in [-0.1, -0.05) is 12.1 Å². The fourth-order valence-electron chi connectivity index (χ4n) is 1.61. The van der Waals surface area contributed by atoms with Crippen molar-refractivity contribution in [3.63, 3.8) is 0 Å². The maximum absolute atomic E-state index is 9.23. The topological polar surface area (TPSA) is 36.4 Å². The van der Waals surface area contributed by atoms with Crippen molar-refractivity contribution in [3.05, 3.63) is 46.3 Å². The highest BCUT2D eigenvalue weighted by Crippen LogP contribution is 2.19. The number of thiophene rings is 1. The van der Waals surface area contributed by atoms with Gasteiger partial charge in [0, 0.05) is 23.7 Å². The Morgan fingerprint density at radius 1 is 1.38 bits per heavy atom. The van der Waals surface area contributed by atoms with Gasteiger partial charge in [-0.25, -0.2) is 4.98 Å². The molecule has 0 unspecified atom stereocenters. The first-order chi connectivity index (χ1) is 7.81. The van der Waals surface area contributed by atoms with Gasteiger partial charge in [-0.2, -0.15) is 0 Å². The maximum atomic E-state index is 9.23. The minimum atomic E-state index is 0.0257. The van der Waals surface area contributed by atoms with E-state index in [1.807, 2.05) is 25.2 Å². The molecule has 4 heteroatoms. The fraction of sp³-hybridized carbons (Fsp3) is 0.250. The Morgan fingerprint density at radius 3 is 2.94 bits per heavy atom. The van der Waals surface area contributed by atoms with Gasteiger partial charge in [-0.3, -0.25) is 0 Å². The molecule has 0 saturated heterocycles. The van der Waals surface area contributed by atoms with Gasteiger partial charge in [-0.15, -0.1) is 11.3 Å². The monoisotopic (exact) mass is 234 g/mol. The van der Waals surface area contributed by atoms with Crippen LogP contribution in [0.2, 0.25) is 0 Å². The van der Waals surface area contributed by atoms with Gasteiger partial charge in [-0.05, 0) is 17.5 Å². The predicted octanol–water partition coefficient (Wildman–Crippen LogP) is 2.27. The number of nitrogens with zero attached hydrogens (tertiary/aromatic N) is 2. The zero-order valence-electron chi connectivity index (χ0n) is 9.13. The molecule has 0 atom stereocenters. The van der Waals surface area contributed by atoms with Crippen LogP contribution in [0.15, 0.2) is 35.8 Å². The Balaban J connectivity index is 2.17. The van der Waals surface area contributed by atoms with Gasteiger partial charge in [0.1, 0.15) is 5.82 Å². The van der Waals surface area contributed by atoms with Crippen LogP contribution in [-0.4, -0.2) is 17.1 Å². The first-order valence-corrected chi connectivity index (χ1v) is 5.97. The zero-order chi connectivity index (χ0) is 11.4. The van der Waals surface area contributed by atoms with Crippen LogP contribution in [0, 0.1) is 0 Å². The Labute approximate surface area is 99.0 Å². The molecular formula is C12H14N2OS. The lowest BCUT2D eigenvalue weighted by molar-refractivity contribution is 0.281. The summed E-state index contributed by atoms with van der Waals surface area (Å²) in [6, 6.07) is 7.88. The Morgan fingerprint density at radius 2 is 2.25 bits per heavy atom. The predicted molar refractivity (Wildman–Crippen MR) is 66.6 cm³/mol. The third kappa shape index (κ3) is 2.40. The smallest absolute Gasteiger partial charge is 0.134 e. The van der Waals surface area contributed by atoms with E-state index < -0.39 is 0 Å². The van der Waals surface area contributed by atoms with Crippen molar-refractivity contribution in [1.82, 2.24) is 4.98 Å². The third-order valence-electron chi connectivity index (χ3n) is 2.37. The van der Waals surface area contributed by atoms with Crippen molar-refractivity contribution in [1.29, 1.82) is 0 Å². The van der Waals surface area contributed by atoms with Gasteiger partial charge in [0.2, 0.25) is 0 Å².